The van der Waals surface area contributed by atoms with Crippen LogP contribution >= 0.6 is 0 Å². The van der Waals surface area contributed by atoms with E-state index in [0.717, 1.165) is 37.4 Å². The first kappa shape index (κ1) is 12.9. The molecule has 0 aromatic carbocycles. The zero-order valence-corrected chi connectivity index (χ0v) is 12.0. The van der Waals surface area contributed by atoms with E-state index in [2.05, 4.69) is 13.8 Å². The Morgan fingerprint density at radius 1 is 1.28 bits per heavy atom. The Labute approximate surface area is 111 Å². The van der Waals surface area contributed by atoms with Gasteiger partial charge in [0, 0.05) is 6.61 Å². The summed E-state index contributed by atoms with van der Waals surface area (Å²) in [6.45, 7) is 6.63. The quantitative estimate of drug-likeness (QED) is 0.736. The highest BCUT2D eigenvalue weighted by Gasteiger charge is 2.63. The van der Waals surface area contributed by atoms with Gasteiger partial charge in [-0.05, 0) is 61.7 Å². The minimum absolute atomic E-state index is 0.101. The van der Waals surface area contributed by atoms with E-state index in [-0.39, 0.29) is 6.29 Å². The first-order chi connectivity index (χ1) is 8.77. The van der Waals surface area contributed by atoms with E-state index in [1.807, 2.05) is 0 Å². The zero-order valence-electron chi connectivity index (χ0n) is 12.0. The summed E-state index contributed by atoms with van der Waals surface area (Å²) in [4.78, 5) is 0. The van der Waals surface area contributed by atoms with Gasteiger partial charge in [-0.3, -0.25) is 0 Å². The molecule has 0 aromatic rings. The van der Waals surface area contributed by atoms with Crippen LogP contribution in [0, 0.1) is 23.2 Å². The van der Waals surface area contributed by atoms with Crippen LogP contribution in [0.25, 0.3) is 0 Å². The van der Waals surface area contributed by atoms with Gasteiger partial charge in [0.15, 0.2) is 6.29 Å². The van der Waals surface area contributed by atoms with Crippen LogP contribution in [0.5, 0.6) is 0 Å². The van der Waals surface area contributed by atoms with Crippen molar-refractivity contribution < 1.29 is 9.47 Å². The van der Waals surface area contributed by atoms with Crippen molar-refractivity contribution in [1.29, 1.82) is 0 Å². The van der Waals surface area contributed by atoms with E-state index in [1.165, 1.54) is 38.5 Å². The molecule has 2 saturated carbocycles. The van der Waals surface area contributed by atoms with Gasteiger partial charge in [0.1, 0.15) is 0 Å². The Balaban J connectivity index is 1.47. The van der Waals surface area contributed by atoms with Crippen molar-refractivity contribution in [2.75, 3.05) is 13.2 Å². The third-order valence-electron chi connectivity index (χ3n) is 6.11. The highest BCUT2D eigenvalue weighted by molar-refractivity contribution is 5.11. The highest BCUT2D eigenvalue weighted by atomic mass is 16.7. The van der Waals surface area contributed by atoms with E-state index in [0.29, 0.717) is 5.41 Å². The van der Waals surface area contributed by atoms with Crippen molar-refractivity contribution >= 4 is 0 Å². The van der Waals surface area contributed by atoms with Crippen LogP contribution in [-0.2, 0) is 9.47 Å². The van der Waals surface area contributed by atoms with Crippen molar-refractivity contribution in [3.8, 4) is 0 Å². The fourth-order valence-corrected chi connectivity index (χ4v) is 4.97. The molecule has 2 unspecified atom stereocenters. The maximum Gasteiger partial charge on any atom is 0.157 e. The molecular formula is C16H28O2. The van der Waals surface area contributed by atoms with Crippen molar-refractivity contribution in [2.45, 2.75) is 65.1 Å². The second-order valence-electron chi connectivity index (χ2n) is 6.70. The van der Waals surface area contributed by atoms with Crippen LogP contribution in [0.3, 0.4) is 0 Å². The lowest BCUT2D eigenvalue weighted by molar-refractivity contribution is -0.222. The Bertz CT molecular complexity index is 279. The van der Waals surface area contributed by atoms with Crippen LogP contribution in [0.2, 0.25) is 0 Å². The van der Waals surface area contributed by atoms with E-state index in [1.54, 1.807) is 0 Å². The summed E-state index contributed by atoms with van der Waals surface area (Å²) in [5, 5.41) is 0. The van der Waals surface area contributed by atoms with Crippen molar-refractivity contribution in [1.82, 2.24) is 0 Å². The molecule has 1 heterocycles. The first-order valence-corrected chi connectivity index (χ1v) is 8.00. The monoisotopic (exact) mass is 252 g/mol. The molecule has 2 heteroatoms. The molecule has 3 rings (SSSR count). The molecule has 0 aromatic heterocycles. The standard InChI is InChI=1S/C16H28O2/c1-3-13-11-14-10-12(2)16(13,14)7-9-18-15-6-4-5-8-17-15/h12-15H,3-11H2,1-2H3/t12?,13-,14-,15?,16-/m0/s1. The highest BCUT2D eigenvalue weighted by Crippen LogP contribution is 2.70. The topological polar surface area (TPSA) is 18.5 Å². The van der Waals surface area contributed by atoms with Gasteiger partial charge in [0.25, 0.3) is 0 Å². The van der Waals surface area contributed by atoms with Gasteiger partial charge in [0.2, 0.25) is 0 Å². The lowest BCUT2D eigenvalue weighted by Gasteiger charge is -2.69. The molecule has 3 aliphatic rings. The van der Waals surface area contributed by atoms with Crippen LogP contribution in [-0.4, -0.2) is 19.5 Å². The largest absolute Gasteiger partial charge is 0.353 e. The van der Waals surface area contributed by atoms with Gasteiger partial charge >= 0.3 is 0 Å². The molecular weight excluding hydrogens is 224 g/mol. The Kier molecular flexibility index (Phi) is 3.68. The average Bonchev–Trinajstić information content (AvgIpc) is 2.40. The fourth-order valence-electron chi connectivity index (χ4n) is 4.97. The van der Waals surface area contributed by atoms with Crippen LogP contribution < -0.4 is 0 Å². The summed E-state index contributed by atoms with van der Waals surface area (Å²) in [6, 6.07) is 0. The zero-order chi connectivity index (χ0) is 12.6. The SMILES string of the molecule is CC[C@H]1C[C@@H]2CC(C)[C@@]12CCOC1CCCCO1. The smallest absolute Gasteiger partial charge is 0.157 e. The molecule has 0 spiro atoms. The molecule has 1 aliphatic heterocycles. The van der Waals surface area contributed by atoms with Gasteiger partial charge in [0.05, 0.1) is 6.61 Å². The Hall–Kier alpha value is -0.0800. The molecule has 0 amide bonds. The Morgan fingerprint density at radius 2 is 2.17 bits per heavy atom. The van der Waals surface area contributed by atoms with Crippen LogP contribution in [0.1, 0.15) is 58.8 Å². The summed E-state index contributed by atoms with van der Waals surface area (Å²) >= 11 is 0. The fraction of sp³-hybridized carbons (Fsp3) is 1.00. The summed E-state index contributed by atoms with van der Waals surface area (Å²) in [5.74, 6) is 2.92. The van der Waals surface area contributed by atoms with Gasteiger partial charge in [-0.2, -0.15) is 0 Å². The summed E-state index contributed by atoms with van der Waals surface area (Å²) in [6.07, 6.45) is 9.27. The molecule has 0 N–H and O–H groups in total. The molecule has 2 aliphatic carbocycles. The van der Waals surface area contributed by atoms with Crippen molar-refractivity contribution in [3.05, 3.63) is 0 Å². The third kappa shape index (κ3) is 1.92. The molecule has 18 heavy (non-hydrogen) atoms. The van der Waals surface area contributed by atoms with E-state index >= 15 is 0 Å². The van der Waals surface area contributed by atoms with E-state index in [4.69, 9.17) is 9.47 Å². The van der Waals surface area contributed by atoms with Crippen molar-refractivity contribution in [2.24, 2.45) is 23.2 Å². The predicted molar refractivity (Wildman–Crippen MR) is 72.3 cm³/mol. The van der Waals surface area contributed by atoms with Gasteiger partial charge < -0.3 is 9.47 Å². The second kappa shape index (κ2) is 5.13. The van der Waals surface area contributed by atoms with Gasteiger partial charge in [-0.15, -0.1) is 0 Å². The van der Waals surface area contributed by atoms with Gasteiger partial charge in [-0.1, -0.05) is 20.3 Å². The van der Waals surface area contributed by atoms with Gasteiger partial charge in [-0.25, -0.2) is 0 Å². The molecule has 0 bridgehead atoms. The van der Waals surface area contributed by atoms with E-state index in [9.17, 15) is 0 Å². The third-order valence-corrected chi connectivity index (χ3v) is 6.11. The maximum atomic E-state index is 5.96. The van der Waals surface area contributed by atoms with Crippen LogP contribution in [0.4, 0.5) is 0 Å². The molecule has 104 valence electrons. The number of hydrogen-bond acceptors (Lipinski definition) is 2. The Morgan fingerprint density at radius 3 is 2.78 bits per heavy atom. The lowest BCUT2D eigenvalue weighted by atomic mass is 9.36. The maximum absolute atomic E-state index is 5.96. The summed E-state index contributed by atoms with van der Waals surface area (Å²) in [7, 11) is 0. The number of hydrogen-bond donors (Lipinski definition) is 0. The summed E-state index contributed by atoms with van der Waals surface area (Å²) in [5.41, 5.74) is 0.656. The van der Waals surface area contributed by atoms with Crippen LogP contribution in [0.15, 0.2) is 0 Å². The minimum Gasteiger partial charge on any atom is -0.353 e. The number of rotatable bonds is 5. The average molecular weight is 252 g/mol. The summed E-state index contributed by atoms with van der Waals surface area (Å²) < 4.78 is 11.6. The number of fused-ring (bicyclic) bond motifs is 1. The predicted octanol–water partition coefficient (Wildman–Crippen LogP) is 3.99. The minimum atomic E-state index is 0.101. The molecule has 2 nitrogen and oxygen atoms in total. The molecule has 1 saturated heterocycles. The first-order valence-electron chi connectivity index (χ1n) is 8.00. The lowest BCUT2D eigenvalue weighted by Crippen LogP contribution is -2.62. The number of ether oxygens (including phenoxy) is 2. The molecule has 0 radical (unpaired) electrons. The second-order valence-corrected chi connectivity index (χ2v) is 6.70. The normalized spacial score (nSPS) is 47.0. The molecule has 5 atom stereocenters. The molecule has 3 fully saturated rings. The van der Waals surface area contributed by atoms with E-state index < -0.39 is 0 Å². The van der Waals surface area contributed by atoms with Crippen molar-refractivity contribution in [3.63, 3.8) is 0 Å².